The molecule has 232 valence electrons. The van der Waals surface area contributed by atoms with Gasteiger partial charge in [-0.3, -0.25) is 13.8 Å². The lowest BCUT2D eigenvalue weighted by atomic mass is 9.94. The molecule has 40 heavy (non-hydrogen) atoms. The molecule has 1 rings (SSSR count). The minimum atomic E-state index is -4.21. The van der Waals surface area contributed by atoms with Gasteiger partial charge in [0.05, 0.1) is 19.3 Å². The summed E-state index contributed by atoms with van der Waals surface area (Å²) in [6.45, 7) is 6.99. The van der Waals surface area contributed by atoms with Gasteiger partial charge in [0, 0.05) is 12.8 Å². The van der Waals surface area contributed by atoms with Crippen LogP contribution in [0.15, 0.2) is 24.3 Å². The van der Waals surface area contributed by atoms with E-state index in [1.54, 1.807) is 6.92 Å². The van der Waals surface area contributed by atoms with E-state index in [2.05, 4.69) is 6.92 Å². The van der Waals surface area contributed by atoms with E-state index in [9.17, 15) is 14.3 Å². The molecule has 0 fully saturated rings. The van der Waals surface area contributed by atoms with Gasteiger partial charge < -0.3 is 15.4 Å². The first-order valence-corrected chi connectivity index (χ1v) is 17.4. The molecule has 0 amide bonds. The van der Waals surface area contributed by atoms with Crippen molar-refractivity contribution in [1.82, 2.24) is 0 Å². The maximum Gasteiger partial charge on any atom is 0.472 e. The summed E-state index contributed by atoms with van der Waals surface area (Å²) in [5.41, 5.74) is 6.52. The van der Waals surface area contributed by atoms with E-state index in [4.69, 9.17) is 19.5 Å². The van der Waals surface area contributed by atoms with Crippen LogP contribution in [0.2, 0.25) is 0 Å². The molecule has 0 aliphatic carbocycles. The van der Waals surface area contributed by atoms with Gasteiger partial charge in [-0.05, 0) is 62.8 Å². The van der Waals surface area contributed by atoms with E-state index in [1.807, 2.05) is 31.2 Å². The predicted octanol–water partition coefficient (Wildman–Crippen LogP) is 8.56. The summed E-state index contributed by atoms with van der Waals surface area (Å²) in [5, 5.41) is 0. The molecule has 1 aromatic rings. The Morgan fingerprint density at radius 3 is 2.02 bits per heavy atom. The second kappa shape index (κ2) is 23.3. The van der Waals surface area contributed by atoms with Crippen molar-refractivity contribution in [1.29, 1.82) is 0 Å². The molecule has 0 bridgehead atoms. The van der Waals surface area contributed by atoms with Crippen LogP contribution in [-0.2, 0) is 24.8 Å². The molecule has 0 aliphatic heterocycles. The minimum Gasteiger partial charge on any atom is -0.494 e. The summed E-state index contributed by atoms with van der Waals surface area (Å²) in [6, 6.07) is 7.89. The van der Waals surface area contributed by atoms with E-state index in [-0.39, 0.29) is 24.7 Å². The van der Waals surface area contributed by atoms with Crippen LogP contribution in [0.3, 0.4) is 0 Å². The first-order valence-electron chi connectivity index (χ1n) is 15.9. The van der Waals surface area contributed by atoms with Crippen molar-refractivity contribution in [3.63, 3.8) is 0 Å². The Morgan fingerprint density at radius 1 is 0.900 bits per heavy atom. The van der Waals surface area contributed by atoms with Gasteiger partial charge in [-0.25, -0.2) is 4.57 Å². The molecule has 0 radical (unpaired) electrons. The molecule has 0 heterocycles. The van der Waals surface area contributed by atoms with Gasteiger partial charge in [-0.2, -0.15) is 0 Å². The highest BCUT2D eigenvalue weighted by Gasteiger charge is 2.27. The van der Waals surface area contributed by atoms with Crippen LogP contribution in [0.5, 0.6) is 5.75 Å². The van der Waals surface area contributed by atoms with Gasteiger partial charge in [0.25, 0.3) is 0 Å². The number of carbonyl (C=O) groups excluding carboxylic acids is 1. The molecular formula is C32H58NO6P. The zero-order valence-electron chi connectivity index (χ0n) is 25.6. The molecule has 7 nitrogen and oxygen atoms in total. The van der Waals surface area contributed by atoms with Gasteiger partial charge in [-0.1, -0.05) is 96.6 Å². The summed E-state index contributed by atoms with van der Waals surface area (Å²) in [4.78, 5) is 22.3. The number of unbranched alkanes of at least 4 members (excludes halogenated alkanes) is 11. The number of Topliss-reactive ketones (excluding diaryl/α,β-unsaturated/α-hetero) is 1. The monoisotopic (exact) mass is 583 g/mol. The highest BCUT2D eigenvalue weighted by molar-refractivity contribution is 7.47. The third-order valence-electron chi connectivity index (χ3n) is 7.23. The maximum absolute atomic E-state index is 12.4. The van der Waals surface area contributed by atoms with Gasteiger partial charge >= 0.3 is 7.82 Å². The zero-order chi connectivity index (χ0) is 29.5. The fourth-order valence-corrected chi connectivity index (χ4v) is 5.78. The van der Waals surface area contributed by atoms with Crippen LogP contribution < -0.4 is 10.5 Å². The lowest BCUT2D eigenvalue weighted by Crippen LogP contribution is -2.18. The number of rotatable bonds is 27. The Bertz CT molecular complexity index is 803. The molecule has 3 atom stereocenters. The number of phosphoric acid groups is 1. The lowest BCUT2D eigenvalue weighted by molar-refractivity contribution is -0.120. The van der Waals surface area contributed by atoms with Crippen LogP contribution in [0.25, 0.3) is 0 Å². The molecule has 3 N–H and O–H groups in total. The largest absolute Gasteiger partial charge is 0.494 e. The molecule has 8 heteroatoms. The smallest absolute Gasteiger partial charge is 0.472 e. The van der Waals surface area contributed by atoms with Gasteiger partial charge in [0.2, 0.25) is 0 Å². The number of phosphoric ester groups is 1. The Balaban J connectivity index is 2.34. The van der Waals surface area contributed by atoms with Gasteiger partial charge in [0.15, 0.2) is 0 Å². The third-order valence-corrected chi connectivity index (χ3v) is 8.33. The topological polar surface area (TPSA) is 108 Å². The molecule has 0 aromatic heterocycles. The summed E-state index contributed by atoms with van der Waals surface area (Å²) in [7, 11) is -4.21. The Kier molecular flexibility index (Phi) is 21.5. The zero-order valence-corrected chi connectivity index (χ0v) is 26.5. The van der Waals surface area contributed by atoms with Gasteiger partial charge in [-0.15, -0.1) is 0 Å². The second-order valence-electron chi connectivity index (χ2n) is 11.2. The van der Waals surface area contributed by atoms with Crippen LogP contribution in [0.4, 0.5) is 0 Å². The normalized spacial score (nSPS) is 14.5. The number of hydrogen-bond donors (Lipinski definition) is 2. The second-order valence-corrected chi connectivity index (χ2v) is 12.6. The van der Waals surface area contributed by atoms with Crippen molar-refractivity contribution in [2.45, 2.75) is 136 Å². The van der Waals surface area contributed by atoms with Crippen LogP contribution >= 0.6 is 7.82 Å². The molecule has 1 aromatic carbocycles. The van der Waals surface area contributed by atoms with E-state index < -0.39 is 13.9 Å². The highest BCUT2D eigenvalue weighted by Crippen LogP contribution is 2.45. The fraction of sp³-hybridized carbons (Fsp3) is 0.781. The van der Waals surface area contributed by atoms with Crippen molar-refractivity contribution < 1.29 is 28.0 Å². The van der Waals surface area contributed by atoms with E-state index in [0.717, 1.165) is 17.7 Å². The van der Waals surface area contributed by atoms with E-state index in [1.165, 1.54) is 70.6 Å². The highest BCUT2D eigenvalue weighted by atomic mass is 31.2. The van der Waals surface area contributed by atoms with Crippen molar-refractivity contribution >= 4 is 13.6 Å². The number of carbonyl (C=O) groups is 1. The Morgan fingerprint density at radius 2 is 1.48 bits per heavy atom. The molecule has 3 unspecified atom stereocenters. The summed E-state index contributed by atoms with van der Waals surface area (Å²) < 4.78 is 28.8. The first kappa shape index (κ1) is 36.8. The van der Waals surface area contributed by atoms with Crippen molar-refractivity contribution in [2.75, 3.05) is 19.8 Å². The van der Waals surface area contributed by atoms with Crippen LogP contribution in [-0.4, -0.2) is 36.5 Å². The summed E-state index contributed by atoms with van der Waals surface area (Å²) >= 11 is 0. The number of nitrogens with two attached hydrogens (primary N) is 1. The van der Waals surface area contributed by atoms with Crippen molar-refractivity contribution in [3.05, 3.63) is 29.8 Å². The number of ketones is 1. The van der Waals surface area contributed by atoms with Gasteiger partial charge in [0.1, 0.15) is 11.5 Å². The molecule has 0 spiro atoms. The number of benzene rings is 1. The predicted molar refractivity (Wildman–Crippen MR) is 165 cm³/mol. The van der Waals surface area contributed by atoms with E-state index >= 15 is 0 Å². The molecular weight excluding hydrogens is 525 g/mol. The average Bonchev–Trinajstić information content (AvgIpc) is 2.93. The SMILES string of the molecule is CCCCCCCCCCCCCCOc1ccc(CC(COP(=O)(O)OC(C)CCCN)CC(=O)CC)cc1. The van der Waals surface area contributed by atoms with Crippen molar-refractivity contribution in [3.8, 4) is 5.75 Å². The van der Waals surface area contributed by atoms with Crippen molar-refractivity contribution in [2.24, 2.45) is 11.7 Å². The summed E-state index contributed by atoms with van der Waals surface area (Å²) in [6.07, 6.45) is 18.0. The molecule has 0 aliphatic rings. The minimum absolute atomic E-state index is 0.0274. The lowest BCUT2D eigenvalue weighted by Gasteiger charge is -2.21. The number of ether oxygens (including phenoxy) is 1. The Hall–Kier alpha value is -1.24. The Labute approximate surface area is 244 Å². The fourth-order valence-electron chi connectivity index (χ4n) is 4.76. The average molecular weight is 584 g/mol. The third kappa shape index (κ3) is 19.8. The quantitative estimate of drug-likeness (QED) is 0.0789. The molecule has 0 saturated carbocycles. The summed E-state index contributed by atoms with van der Waals surface area (Å²) in [5.74, 6) is 0.716. The maximum atomic E-state index is 12.4. The van der Waals surface area contributed by atoms with Crippen LogP contribution in [0, 0.1) is 5.92 Å². The van der Waals surface area contributed by atoms with Crippen LogP contribution in [0.1, 0.15) is 129 Å². The van der Waals surface area contributed by atoms with E-state index in [0.29, 0.717) is 38.8 Å². The standard InChI is InChI=1S/C32H58NO6P/c1-4-6-7-8-9-10-11-12-13-14-15-16-24-37-32-21-19-29(20-22-32)25-30(26-31(34)5-2)27-38-40(35,36)39-28(3)18-17-23-33/h19-22,28,30H,4-18,23-27,33H2,1-3H3,(H,35,36). The first-order chi connectivity index (χ1) is 19.3. The number of hydrogen-bond acceptors (Lipinski definition) is 6. The molecule has 0 saturated heterocycles.